The Balaban J connectivity index is 1.54. The summed E-state index contributed by atoms with van der Waals surface area (Å²) in [6, 6.07) is 8.92. The number of carbonyl (C=O) groups is 1. The van der Waals surface area contributed by atoms with E-state index in [4.69, 9.17) is 5.73 Å². The van der Waals surface area contributed by atoms with E-state index in [1.807, 2.05) is 18.9 Å². The smallest absolute Gasteiger partial charge is 0.382 e. The Morgan fingerprint density at radius 3 is 2.41 bits per heavy atom. The van der Waals surface area contributed by atoms with Gasteiger partial charge >= 0.3 is 6.18 Å². The molecule has 1 fully saturated rings. The Bertz CT molecular complexity index is 1450. The maximum atomic E-state index is 13.9. The average molecular weight is 537 g/mol. The number of hydrogen-bond acceptors (Lipinski definition) is 6. The monoisotopic (exact) mass is 536 g/mol. The minimum atomic E-state index is -4.54. The SMILES string of the molecule is Cc1ccc(C(=O)Nc2ccc(CN3CCN(C)CC3)c(C(F)(F)F)c2)cc1C#Cc1nc(C)c(N)nc1C. The number of aryl methyl sites for hydroxylation is 3. The van der Waals surface area contributed by atoms with Gasteiger partial charge in [-0.05, 0) is 69.1 Å². The molecule has 7 nitrogen and oxygen atoms in total. The van der Waals surface area contributed by atoms with Crippen molar-refractivity contribution in [2.24, 2.45) is 0 Å². The predicted octanol–water partition coefficient (Wildman–Crippen LogP) is 4.40. The zero-order valence-corrected chi connectivity index (χ0v) is 22.4. The Morgan fingerprint density at radius 2 is 1.72 bits per heavy atom. The molecule has 0 aliphatic carbocycles. The number of benzene rings is 2. The van der Waals surface area contributed by atoms with Gasteiger partial charge in [-0.3, -0.25) is 9.69 Å². The molecule has 1 amide bonds. The average Bonchev–Trinajstić information content (AvgIpc) is 2.87. The van der Waals surface area contributed by atoms with Crippen molar-refractivity contribution in [3.63, 3.8) is 0 Å². The van der Waals surface area contributed by atoms with Crippen LogP contribution in [0.4, 0.5) is 24.7 Å². The molecule has 39 heavy (non-hydrogen) atoms. The maximum absolute atomic E-state index is 13.9. The highest BCUT2D eigenvalue weighted by molar-refractivity contribution is 6.04. The van der Waals surface area contributed by atoms with E-state index in [9.17, 15) is 18.0 Å². The number of piperazine rings is 1. The molecule has 204 valence electrons. The molecule has 0 bridgehead atoms. The Morgan fingerprint density at radius 1 is 1.00 bits per heavy atom. The standard InChI is InChI=1S/C29H31F3N6O/c1-18-5-6-22(15-21(18)8-10-26-19(2)35-27(33)20(3)34-26)28(39)36-24-9-7-23(25(16-24)29(30,31)32)17-38-13-11-37(4)12-14-38/h5-7,9,15-16H,11-14,17H2,1-4H3,(H2,33,35)(H,36,39). The van der Waals surface area contributed by atoms with Crippen LogP contribution < -0.4 is 11.1 Å². The highest BCUT2D eigenvalue weighted by Crippen LogP contribution is 2.34. The summed E-state index contributed by atoms with van der Waals surface area (Å²) in [6.07, 6.45) is -4.54. The second-order valence-corrected chi connectivity index (χ2v) is 9.81. The number of nitrogens with two attached hydrogens (primary N) is 1. The summed E-state index contributed by atoms with van der Waals surface area (Å²) >= 11 is 0. The summed E-state index contributed by atoms with van der Waals surface area (Å²) in [7, 11) is 2.00. The van der Waals surface area contributed by atoms with E-state index >= 15 is 0 Å². The van der Waals surface area contributed by atoms with Gasteiger partial charge in [0.25, 0.3) is 5.91 Å². The van der Waals surface area contributed by atoms with E-state index in [0.717, 1.165) is 24.7 Å². The molecule has 4 rings (SSSR count). The second kappa shape index (κ2) is 11.4. The van der Waals surface area contributed by atoms with Crippen molar-refractivity contribution < 1.29 is 18.0 Å². The van der Waals surface area contributed by atoms with Crippen LogP contribution in [-0.2, 0) is 12.7 Å². The number of nitrogens with zero attached hydrogens (tertiary/aromatic N) is 4. The number of nitrogens with one attached hydrogen (secondary N) is 1. The lowest BCUT2D eigenvalue weighted by Gasteiger charge is -2.33. The molecule has 0 atom stereocenters. The number of alkyl halides is 3. The lowest BCUT2D eigenvalue weighted by molar-refractivity contribution is -0.138. The fourth-order valence-corrected chi connectivity index (χ4v) is 4.27. The normalized spacial score (nSPS) is 14.5. The first-order valence-corrected chi connectivity index (χ1v) is 12.6. The van der Waals surface area contributed by atoms with Crippen LogP contribution in [0, 0.1) is 32.6 Å². The Labute approximate surface area is 226 Å². The number of aromatic nitrogens is 2. The highest BCUT2D eigenvalue weighted by atomic mass is 19.4. The van der Waals surface area contributed by atoms with Crippen LogP contribution in [0.3, 0.4) is 0 Å². The van der Waals surface area contributed by atoms with Crippen LogP contribution in [0.15, 0.2) is 36.4 Å². The number of carbonyl (C=O) groups excluding carboxylic acids is 1. The van der Waals surface area contributed by atoms with Gasteiger partial charge in [0.05, 0.1) is 17.0 Å². The van der Waals surface area contributed by atoms with Gasteiger partial charge in [-0.25, -0.2) is 9.97 Å². The molecule has 0 unspecified atom stereocenters. The molecule has 2 heterocycles. The molecule has 0 spiro atoms. The van der Waals surface area contributed by atoms with Crippen molar-refractivity contribution in [2.45, 2.75) is 33.5 Å². The lowest BCUT2D eigenvalue weighted by Crippen LogP contribution is -2.44. The van der Waals surface area contributed by atoms with Gasteiger partial charge in [0.2, 0.25) is 0 Å². The van der Waals surface area contributed by atoms with Crippen molar-refractivity contribution >= 4 is 17.4 Å². The predicted molar refractivity (Wildman–Crippen MR) is 145 cm³/mol. The van der Waals surface area contributed by atoms with E-state index in [2.05, 4.69) is 32.0 Å². The Kier molecular flexibility index (Phi) is 8.23. The van der Waals surface area contributed by atoms with Crippen LogP contribution in [-0.4, -0.2) is 58.9 Å². The zero-order valence-electron chi connectivity index (χ0n) is 22.4. The van der Waals surface area contributed by atoms with Crippen LogP contribution in [0.5, 0.6) is 0 Å². The number of nitrogen functional groups attached to an aromatic ring is 1. The molecule has 1 saturated heterocycles. The first kappa shape index (κ1) is 28.1. The first-order valence-electron chi connectivity index (χ1n) is 12.6. The molecule has 10 heteroatoms. The van der Waals surface area contributed by atoms with Gasteiger partial charge in [0.15, 0.2) is 0 Å². The van der Waals surface area contributed by atoms with Crippen molar-refractivity contribution in [1.82, 2.24) is 19.8 Å². The van der Waals surface area contributed by atoms with E-state index < -0.39 is 17.6 Å². The largest absolute Gasteiger partial charge is 0.416 e. The van der Waals surface area contributed by atoms with Crippen molar-refractivity contribution in [3.05, 3.63) is 81.3 Å². The molecule has 1 aliphatic heterocycles. The number of anilines is 2. The van der Waals surface area contributed by atoms with Crippen molar-refractivity contribution in [2.75, 3.05) is 44.3 Å². The molecule has 0 saturated carbocycles. The fraction of sp³-hybridized carbons (Fsp3) is 0.345. The molecule has 0 radical (unpaired) electrons. The van der Waals surface area contributed by atoms with Gasteiger partial charge in [-0.1, -0.05) is 18.1 Å². The highest BCUT2D eigenvalue weighted by Gasteiger charge is 2.34. The summed E-state index contributed by atoms with van der Waals surface area (Å²) < 4.78 is 41.8. The van der Waals surface area contributed by atoms with Crippen LogP contribution in [0.25, 0.3) is 0 Å². The van der Waals surface area contributed by atoms with Gasteiger partial charge in [-0.15, -0.1) is 0 Å². The topological polar surface area (TPSA) is 87.4 Å². The third-order valence-corrected chi connectivity index (χ3v) is 6.76. The third-order valence-electron chi connectivity index (χ3n) is 6.76. The van der Waals surface area contributed by atoms with Crippen molar-refractivity contribution in [1.29, 1.82) is 0 Å². The summed E-state index contributed by atoms with van der Waals surface area (Å²) in [5, 5.41) is 2.61. The van der Waals surface area contributed by atoms with Crippen molar-refractivity contribution in [3.8, 4) is 11.8 Å². The zero-order chi connectivity index (χ0) is 28.3. The van der Waals surface area contributed by atoms with E-state index in [-0.39, 0.29) is 23.4 Å². The molecule has 1 aliphatic rings. The second-order valence-electron chi connectivity index (χ2n) is 9.81. The number of rotatable bonds is 4. The number of likely N-dealkylation sites (N-methyl/N-ethyl adjacent to an activating group) is 1. The van der Waals surface area contributed by atoms with Crippen LogP contribution >= 0.6 is 0 Å². The van der Waals surface area contributed by atoms with Gasteiger partial charge in [0.1, 0.15) is 11.5 Å². The maximum Gasteiger partial charge on any atom is 0.416 e. The van der Waals surface area contributed by atoms with E-state index in [1.54, 1.807) is 32.0 Å². The first-order chi connectivity index (χ1) is 18.4. The molecule has 3 aromatic rings. The van der Waals surface area contributed by atoms with Gasteiger partial charge in [0, 0.05) is 49.5 Å². The molecular weight excluding hydrogens is 505 g/mol. The lowest BCUT2D eigenvalue weighted by atomic mass is 10.0. The summed E-state index contributed by atoms with van der Waals surface area (Å²) in [4.78, 5) is 25.7. The van der Waals surface area contributed by atoms with Crippen LogP contribution in [0.1, 0.15) is 49.7 Å². The van der Waals surface area contributed by atoms with Gasteiger partial charge in [-0.2, -0.15) is 13.2 Å². The fourth-order valence-electron chi connectivity index (χ4n) is 4.27. The minimum absolute atomic E-state index is 0.0749. The quantitative estimate of drug-likeness (QED) is 0.481. The minimum Gasteiger partial charge on any atom is -0.382 e. The third kappa shape index (κ3) is 6.93. The number of amides is 1. The number of halogens is 3. The molecule has 3 N–H and O–H groups in total. The van der Waals surface area contributed by atoms with Gasteiger partial charge < -0.3 is 16.0 Å². The summed E-state index contributed by atoms with van der Waals surface area (Å²) in [5.41, 5.74) is 8.66. The Hall–Kier alpha value is -3.94. The number of hydrogen-bond donors (Lipinski definition) is 2. The summed E-state index contributed by atoms with van der Waals surface area (Å²) in [6.45, 7) is 8.59. The molecular formula is C29H31F3N6O. The van der Waals surface area contributed by atoms with Crippen LogP contribution in [0.2, 0.25) is 0 Å². The molecule has 1 aromatic heterocycles. The van der Waals surface area contributed by atoms with E-state index in [1.165, 1.54) is 12.1 Å². The summed E-state index contributed by atoms with van der Waals surface area (Å²) in [5.74, 6) is 5.81. The molecule has 2 aromatic carbocycles. The van der Waals surface area contributed by atoms with E-state index in [0.29, 0.717) is 41.6 Å².